The lowest BCUT2D eigenvalue weighted by atomic mass is 9.87. The average molecular weight is 433 g/mol. The Morgan fingerprint density at radius 1 is 1.47 bits per heavy atom. The molecule has 3 N–H and O–H groups in total. The number of nitrogens with one attached hydrogen (secondary N) is 3. The van der Waals surface area contributed by atoms with Crippen LogP contribution in [0, 0.1) is 5.41 Å². The summed E-state index contributed by atoms with van der Waals surface area (Å²) in [5.74, 6) is 0.480. The molecule has 2 aromatic heterocycles. The van der Waals surface area contributed by atoms with Crippen LogP contribution in [0.5, 0.6) is 0 Å². The Labute approximate surface area is 177 Å². The van der Waals surface area contributed by atoms with Gasteiger partial charge in [-0.25, -0.2) is 14.4 Å². The number of H-pyrrole nitrogens is 1. The number of fused-ring (bicyclic) bond motifs is 1. The van der Waals surface area contributed by atoms with Gasteiger partial charge in [-0.05, 0) is 19.4 Å². The van der Waals surface area contributed by atoms with Gasteiger partial charge in [-0.1, -0.05) is 11.6 Å². The highest BCUT2D eigenvalue weighted by Crippen LogP contribution is 2.31. The first-order valence-electron chi connectivity index (χ1n) is 9.91. The van der Waals surface area contributed by atoms with Crippen molar-refractivity contribution in [2.24, 2.45) is 10.4 Å². The lowest BCUT2D eigenvalue weighted by molar-refractivity contribution is -0.167. The van der Waals surface area contributed by atoms with Crippen LogP contribution >= 0.6 is 11.6 Å². The molecule has 0 unspecified atom stereocenters. The van der Waals surface area contributed by atoms with Crippen LogP contribution in [0.3, 0.4) is 0 Å². The van der Waals surface area contributed by atoms with Crippen molar-refractivity contribution in [2.75, 3.05) is 32.8 Å². The fourth-order valence-corrected chi connectivity index (χ4v) is 4.22. The van der Waals surface area contributed by atoms with Gasteiger partial charge in [-0.15, -0.1) is 0 Å². The van der Waals surface area contributed by atoms with Crippen LogP contribution in [0.2, 0.25) is 5.02 Å². The highest BCUT2D eigenvalue weighted by Gasteiger charge is 2.45. The first kappa shape index (κ1) is 19.3. The number of likely N-dealkylation sites (tertiary alicyclic amines) is 1. The summed E-state index contributed by atoms with van der Waals surface area (Å²) in [6.45, 7) is 4.05. The molecule has 1 atom stereocenters. The molecule has 30 heavy (non-hydrogen) atoms. The number of halogens is 2. The van der Waals surface area contributed by atoms with Crippen LogP contribution in [0.15, 0.2) is 35.1 Å². The van der Waals surface area contributed by atoms with Crippen molar-refractivity contribution in [1.82, 2.24) is 25.5 Å². The maximum atomic E-state index is 14.5. The summed E-state index contributed by atoms with van der Waals surface area (Å²) in [4.78, 5) is 26.3. The van der Waals surface area contributed by atoms with Crippen molar-refractivity contribution in [3.05, 3.63) is 40.7 Å². The molecule has 5 heterocycles. The largest absolute Gasteiger partial charge is 0.379 e. The van der Waals surface area contributed by atoms with E-state index in [1.165, 1.54) is 0 Å². The Balaban J connectivity index is 1.32. The van der Waals surface area contributed by atoms with Crippen molar-refractivity contribution >= 4 is 34.4 Å². The predicted molar refractivity (Wildman–Crippen MR) is 111 cm³/mol. The monoisotopic (exact) mass is 432 g/mol. The SMILES string of the molecule is CC1(C(=O)N2CC[C@@H](NC3=C(F)CNC(c4c[nH]c5ncc(Cl)cc45)=N3)C2)COC1. The highest BCUT2D eigenvalue weighted by molar-refractivity contribution is 6.31. The quantitative estimate of drug-likeness (QED) is 0.686. The van der Waals surface area contributed by atoms with Gasteiger partial charge in [0.1, 0.15) is 11.5 Å². The lowest BCUT2D eigenvalue weighted by Gasteiger charge is -2.39. The van der Waals surface area contributed by atoms with Gasteiger partial charge in [0.25, 0.3) is 0 Å². The van der Waals surface area contributed by atoms with E-state index in [1.54, 1.807) is 18.5 Å². The van der Waals surface area contributed by atoms with Crippen molar-refractivity contribution in [3.8, 4) is 0 Å². The molecule has 2 fully saturated rings. The maximum Gasteiger partial charge on any atom is 0.233 e. The molecular weight excluding hydrogens is 411 g/mol. The van der Waals surface area contributed by atoms with Crippen LogP contribution < -0.4 is 10.6 Å². The summed E-state index contributed by atoms with van der Waals surface area (Å²) in [6, 6.07) is 1.74. The van der Waals surface area contributed by atoms with Gasteiger partial charge in [-0.3, -0.25) is 4.79 Å². The Hall–Kier alpha value is -2.65. The molecule has 0 saturated carbocycles. The number of ether oxygens (including phenoxy) is 1. The molecule has 2 saturated heterocycles. The third kappa shape index (κ3) is 3.31. The number of amidine groups is 1. The Bertz CT molecular complexity index is 1080. The number of rotatable bonds is 4. The molecular formula is C20H22ClFN6O2. The molecule has 5 rings (SSSR count). The van der Waals surface area contributed by atoms with Crippen LogP contribution in [-0.2, 0) is 9.53 Å². The molecule has 0 radical (unpaired) electrons. The summed E-state index contributed by atoms with van der Waals surface area (Å²) in [5.41, 5.74) is 1.03. The van der Waals surface area contributed by atoms with Gasteiger partial charge in [0.2, 0.25) is 5.91 Å². The molecule has 1 amide bonds. The smallest absolute Gasteiger partial charge is 0.233 e. The first-order valence-corrected chi connectivity index (χ1v) is 10.3. The highest BCUT2D eigenvalue weighted by atomic mass is 35.5. The molecule has 0 bridgehead atoms. The average Bonchev–Trinajstić information content (AvgIpc) is 3.34. The number of carbonyl (C=O) groups is 1. The Kier molecular flexibility index (Phi) is 4.67. The van der Waals surface area contributed by atoms with Crippen LogP contribution in [0.4, 0.5) is 4.39 Å². The van der Waals surface area contributed by atoms with E-state index in [0.29, 0.717) is 42.8 Å². The van der Waals surface area contributed by atoms with Crippen LogP contribution in [0.25, 0.3) is 11.0 Å². The number of hydrogen-bond donors (Lipinski definition) is 3. The third-order valence-electron chi connectivity index (χ3n) is 5.82. The van der Waals surface area contributed by atoms with Crippen molar-refractivity contribution < 1.29 is 13.9 Å². The second-order valence-corrected chi connectivity index (χ2v) is 8.69. The van der Waals surface area contributed by atoms with Gasteiger partial charge in [0, 0.05) is 42.5 Å². The van der Waals surface area contributed by atoms with E-state index in [0.717, 1.165) is 17.4 Å². The lowest BCUT2D eigenvalue weighted by Crippen LogP contribution is -2.53. The molecule has 0 aromatic carbocycles. The summed E-state index contributed by atoms with van der Waals surface area (Å²) >= 11 is 6.08. The number of nitrogens with zero attached hydrogens (tertiary/aromatic N) is 3. The number of pyridine rings is 1. The van der Waals surface area contributed by atoms with E-state index in [1.807, 2.05) is 11.8 Å². The fourth-order valence-electron chi connectivity index (χ4n) is 4.07. The Morgan fingerprint density at radius 3 is 3.07 bits per heavy atom. The number of amides is 1. The zero-order valence-corrected chi connectivity index (χ0v) is 17.2. The van der Waals surface area contributed by atoms with Crippen molar-refractivity contribution in [1.29, 1.82) is 0 Å². The molecule has 3 aliphatic rings. The van der Waals surface area contributed by atoms with Gasteiger partial charge < -0.3 is 25.3 Å². The zero-order chi connectivity index (χ0) is 20.9. The van der Waals surface area contributed by atoms with Gasteiger partial charge in [0.05, 0.1) is 30.2 Å². The molecule has 10 heteroatoms. The minimum absolute atomic E-state index is 0.0343. The summed E-state index contributed by atoms with van der Waals surface area (Å²) < 4.78 is 19.7. The molecule has 0 aliphatic carbocycles. The predicted octanol–water partition coefficient (Wildman–Crippen LogP) is 1.93. The number of aromatic amines is 1. The van der Waals surface area contributed by atoms with E-state index >= 15 is 0 Å². The van der Waals surface area contributed by atoms with Crippen molar-refractivity contribution in [2.45, 2.75) is 19.4 Å². The summed E-state index contributed by atoms with van der Waals surface area (Å²) in [6.07, 6.45) is 4.08. The minimum atomic E-state index is -0.426. The fraction of sp³-hybridized carbons (Fsp3) is 0.450. The number of carbonyl (C=O) groups excluding carboxylic acids is 1. The topological polar surface area (TPSA) is 94.6 Å². The van der Waals surface area contributed by atoms with E-state index in [-0.39, 0.29) is 30.1 Å². The van der Waals surface area contributed by atoms with Crippen LogP contribution in [0.1, 0.15) is 18.9 Å². The molecule has 0 spiro atoms. The van der Waals surface area contributed by atoms with E-state index in [4.69, 9.17) is 16.3 Å². The van der Waals surface area contributed by atoms with E-state index in [9.17, 15) is 9.18 Å². The maximum absolute atomic E-state index is 14.5. The summed E-state index contributed by atoms with van der Waals surface area (Å²) in [5, 5.41) is 7.52. The minimum Gasteiger partial charge on any atom is -0.379 e. The van der Waals surface area contributed by atoms with E-state index < -0.39 is 5.41 Å². The molecule has 8 nitrogen and oxygen atoms in total. The van der Waals surface area contributed by atoms with E-state index in [2.05, 4.69) is 25.6 Å². The van der Waals surface area contributed by atoms with Gasteiger partial charge in [-0.2, -0.15) is 0 Å². The molecule has 158 valence electrons. The van der Waals surface area contributed by atoms with Crippen LogP contribution in [-0.4, -0.2) is 65.5 Å². The van der Waals surface area contributed by atoms with Gasteiger partial charge in [0.15, 0.2) is 11.6 Å². The second kappa shape index (κ2) is 7.24. The standard InChI is InChI=1S/C20H22ClFN6O2/c1-20(9-30-10-20)19(29)28-3-2-12(8-28)26-18-15(22)7-25-17(27-18)14-6-24-16-13(14)4-11(21)5-23-16/h4-6,12,26H,2-3,7-10H2,1H3,(H,23,24)(H,25,27)/t12-/m1/s1. The van der Waals surface area contributed by atoms with Gasteiger partial charge >= 0.3 is 0 Å². The normalized spacial score (nSPS) is 23.2. The first-order chi connectivity index (χ1) is 14.4. The second-order valence-electron chi connectivity index (χ2n) is 8.25. The zero-order valence-electron chi connectivity index (χ0n) is 16.5. The molecule has 2 aromatic rings. The number of aromatic nitrogens is 2. The number of aliphatic imine (C=N–C) groups is 1. The number of hydrogen-bond acceptors (Lipinski definition) is 6. The third-order valence-corrected chi connectivity index (χ3v) is 6.03. The molecule has 3 aliphatic heterocycles. The van der Waals surface area contributed by atoms with Crippen molar-refractivity contribution in [3.63, 3.8) is 0 Å². The summed E-state index contributed by atoms with van der Waals surface area (Å²) in [7, 11) is 0. The Morgan fingerprint density at radius 2 is 2.30 bits per heavy atom.